The van der Waals surface area contributed by atoms with Crippen molar-refractivity contribution < 1.29 is 23.6 Å². The Morgan fingerprint density at radius 2 is 2.07 bits per heavy atom. The third-order valence-electron chi connectivity index (χ3n) is 2.06. The van der Waals surface area contributed by atoms with E-state index in [0.717, 1.165) is 0 Å². The normalized spacial score (nSPS) is 27.1. The second-order valence-electron chi connectivity index (χ2n) is 3.17. The maximum absolute atomic E-state index is 12.2. The van der Waals surface area contributed by atoms with Crippen LogP contribution in [0.1, 0.15) is 20.3 Å². The van der Waals surface area contributed by atoms with Gasteiger partial charge in [-0.3, -0.25) is 9.40 Å². The maximum atomic E-state index is 12.2. The van der Waals surface area contributed by atoms with Gasteiger partial charge in [-0.25, -0.2) is 0 Å². The van der Waals surface area contributed by atoms with E-state index in [1.165, 1.54) is 0 Å². The van der Waals surface area contributed by atoms with Crippen molar-refractivity contribution in [2.24, 2.45) is 0 Å². The van der Waals surface area contributed by atoms with E-state index in [-0.39, 0.29) is 12.7 Å². The van der Waals surface area contributed by atoms with Crippen LogP contribution in [0.5, 0.6) is 0 Å². The molecule has 1 rings (SSSR count). The molecule has 0 aromatic rings. The van der Waals surface area contributed by atoms with Gasteiger partial charge in [-0.15, -0.1) is 0 Å². The lowest BCUT2D eigenvalue weighted by Crippen LogP contribution is -2.22. The van der Waals surface area contributed by atoms with Crippen molar-refractivity contribution in [1.29, 1.82) is 0 Å². The Kier molecular flexibility index (Phi) is 5.18. The van der Waals surface area contributed by atoms with Crippen LogP contribution >= 0.6 is 7.60 Å². The second-order valence-corrected chi connectivity index (χ2v) is 5.39. The highest BCUT2D eigenvalue weighted by molar-refractivity contribution is 7.54. The van der Waals surface area contributed by atoms with Gasteiger partial charge in [0.1, 0.15) is 11.9 Å². The van der Waals surface area contributed by atoms with Gasteiger partial charge in [-0.2, -0.15) is 5.48 Å². The summed E-state index contributed by atoms with van der Waals surface area (Å²) in [7, 11) is -3.16. The van der Waals surface area contributed by atoms with Gasteiger partial charge in [0.2, 0.25) is 0 Å². The molecule has 1 aliphatic heterocycles. The molecule has 0 aromatic heterocycles. The summed E-state index contributed by atoms with van der Waals surface area (Å²) in [6.45, 7) is 4.04. The Bertz CT molecular complexity index is 227. The molecule has 0 aliphatic carbocycles. The van der Waals surface area contributed by atoms with Crippen LogP contribution in [0.3, 0.4) is 0 Å². The zero-order valence-corrected chi connectivity index (χ0v) is 9.90. The summed E-state index contributed by atoms with van der Waals surface area (Å²) < 4.78 is 22.5. The van der Waals surface area contributed by atoms with Gasteiger partial charge in [-0.05, 0) is 13.8 Å². The average molecular weight is 239 g/mol. The van der Waals surface area contributed by atoms with E-state index in [1.54, 1.807) is 13.8 Å². The Labute approximate surface area is 89.4 Å². The minimum atomic E-state index is -3.16. The van der Waals surface area contributed by atoms with Crippen LogP contribution < -0.4 is 5.48 Å². The second kappa shape index (κ2) is 5.94. The molecule has 1 heterocycles. The molecule has 0 aromatic carbocycles. The number of aliphatic hydroxyl groups excluding tert-OH is 1. The Morgan fingerprint density at radius 1 is 1.47 bits per heavy atom. The molecule has 90 valence electrons. The number of hydrogen-bond acceptors (Lipinski definition) is 6. The molecule has 0 amide bonds. The SMILES string of the molecule is CCOP(=O)(OCC)[C@@H]1C[C@@H](CO)ON1. The van der Waals surface area contributed by atoms with Crippen LogP contribution in [0.2, 0.25) is 0 Å². The van der Waals surface area contributed by atoms with Gasteiger partial charge in [0.25, 0.3) is 0 Å². The number of hydrogen-bond donors (Lipinski definition) is 2. The quantitative estimate of drug-likeness (QED) is 0.669. The zero-order valence-electron chi connectivity index (χ0n) is 9.01. The molecule has 0 saturated carbocycles. The van der Waals surface area contributed by atoms with Crippen molar-refractivity contribution in [1.82, 2.24) is 5.48 Å². The van der Waals surface area contributed by atoms with Gasteiger partial charge >= 0.3 is 7.60 Å². The van der Waals surface area contributed by atoms with Crippen LogP contribution in [-0.2, 0) is 18.5 Å². The van der Waals surface area contributed by atoms with Gasteiger partial charge in [0, 0.05) is 6.42 Å². The van der Waals surface area contributed by atoms with Crippen molar-refractivity contribution in [3.8, 4) is 0 Å². The molecular formula is C8H18NO5P. The monoisotopic (exact) mass is 239 g/mol. The summed E-state index contributed by atoms with van der Waals surface area (Å²) >= 11 is 0. The lowest BCUT2D eigenvalue weighted by molar-refractivity contribution is -0.00123. The Morgan fingerprint density at radius 3 is 2.47 bits per heavy atom. The number of aliphatic hydroxyl groups is 1. The first-order valence-corrected chi connectivity index (χ1v) is 6.68. The topological polar surface area (TPSA) is 77.0 Å². The van der Waals surface area contributed by atoms with Gasteiger partial charge in [-0.1, -0.05) is 0 Å². The summed E-state index contributed by atoms with van der Waals surface area (Å²) in [4.78, 5) is 5.02. The molecule has 0 spiro atoms. The zero-order chi connectivity index (χ0) is 11.3. The fourth-order valence-corrected chi connectivity index (χ4v) is 3.24. The molecule has 7 heteroatoms. The number of hydroxylamine groups is 1. The molecule has 0 bridgehead atoms. The minimum Gasteiger partial charge on any atom is -0.394 e. The van der Waals surface area contributed by atoms with E-state index in [2.05, 4.69) is 5.48 Å². The predicted octanol–water partition coefficient (Wildman–Crippen LogP) is 0.864. The molecule has 1 aliphatic rings. The van der Waals surface area contributed by atoms with E-state index < -0.39 is 13.4 Å². The molecular weight excluding hydrogens is 221 g/mol. The highest BCUT2D eigenvalue weighted by Crippen LogP contribution is 2.54. The molecule has 2 N–H and O–H groups in total. The molecule has 6 nitrogen and oxygen atoms in total. The Balaban J connectivity index is 2.61. The largest absolute Gasteiger partial charge is 0.394 e. The third-order valence-corrected chi connectivity index (χ3v) is 4.38. The van der Waals surface area contributed by atoms with Crippen LogP contribution in [0.4, 0.5) is 0 Å². The van der Waals surface area contributed by atoms with Gasteiger partial charge in [0.15, 0.2) is 0 Å². The highest BCUT2D eigenvalue weighted by Gasteiger charge is 2.41. The first-order valence-electron chi connectivity index (χ1n) is 5.07. The van der Waals surface area contributed by atoms with E-state index >= 15 is 0 Å². The molecule has 15 heavy (non-hydrogen) atoms. The summed E-state index contributed by atoms with van der Waals surface area (Å²) in [5, 5.41) is 8.87. The third kappa shape index (κ3) is 3.24. The lowest BCUT2D eigenvalue weighted by atomic mass is 10.3. The summed E-state index contributed by atoms with van der Waals surface area (Å²) in [5.41, 5.74) is 2.59. The highest BCUT2D eigenvalue weighted by atomic mass is 31.2. The molecule has 1 saturated heterocycles. The van der Waals surface area contributed by atoms with Crippen LogP contribution in [-0.4, -0.2) is 36.8 Å². The summed E-state index contributed by atoms with van der Waals surface area (Å²) in [6, 6.07) is 0. The van der Waals surface area contributed by atoms with Crippen LogP contribution in [0.15, 0.2) is 0 Å². The smallest absolute Gasteiger partial charge is 0.349 e. The molecule has 1 fully saturated rings. The standard InChI is InChI=1S/C8H18NO5P/c1-3-12-15(11,13-4-2)8-5-7(6-10)14-9-8/h7-10H,3-6H2,1-2H3/t7-,8+/m0/s1. The van der Waals surface area contributed by atoms with E-state index in [4.69, 9.17) is 19.0 Å². The Hall–Kier alpha value is 0.0300. The lowest BCUT2D eigenvalue weighted by Gasteiger charge is -2.21. The summed E-state index contributed by atoms with van der Waals surface area (Å²) in [5.74, 6) is -0.491. The average Bonchev–Trinajstić information content (AvgIpc) is 2.67. The van der Waals surface area contributed by atoms with Gasteiger partial charge < -0.3 is 14.2 Å². The number of rotatable bonds is 6. The fourth-order valence-electron chi connectivity index (χ4n) is 1.40. The van der Waals surface area contributed by atoms with Crippen molar-refractivity contribution >= 4 is 7.60 Å². The first-order chi connectivity index (χ1) is 7.16. The van der Waals surface area contributed by atoms with E-state index in [0.29, 0.717) is 19.6 Å². The number of nitrogens with one attached hydrogen (secondary N) is 1. The molecule has 0 unspecified atom stereocenters. The van der Waals surface area contributed by atoms with E-state index in [1.807, 2.05) is 0 Å². The van der Waals surface area contributed by atoms with Gasteiger partial charge in [0.05, 0.1) is 19.8 Å². The minimum absolute atomic E-state index is 0.109. The van der Waals surface area contributed by atoms with Crippen molar-refractivity contribution in [3.63, 3.8) is 0 Å². The van der Waals surface area contributed by atoms with Crippen molar-refractivity contribution in [2.45, 2.75) is 32.2 Å². The predicted molar refractivity (Wildman–Crippen MR) is 54.4 cm³/mol. The first kappa shape index (κ1) is 13.1. The maximum Gasteiger partial charge on any atom is 0.349 e. The van der Waals surface area contributed by atoms with Crippen LogP contribution in [0, 0.1) is 0 Å². The van der Waals surface area contributed by atoms with Crippen LogP contribution in [0.25, 0.3) is 0 Å². The van der Waals surface area contributed by atoms with Crippen molar-refractivity contribution in [2.75, 3.05) is 19.8 Å². The molecule has 0 radical (unpaired) electrons. The van der Waals surface area contributed by atoms with E-state index in [9.17, 15) is 4.57 Å². The molecule has 2 atom stereocenters. The summed E-state index contributed by atoms with van der Waals surface area (Å²) in [6.07, 6.45) is 0.0811. The fraction of sp³-hybridized carbons (Fsp3) is 1.00. The van der Waals surface area contributed by atoms with Crippen molar-refractivity contribution in [3.05, 3.63) is 0 Å².